The van der Waals surface area contributed by atoms with E-state index in [2.05, 4.69) is 41.0 Å². The monoisotopic (exact) mass is 466 g/mol. The average Bonchev–Trinajstić information content (AvgIpc) is 2.80. The Labute approximate surface area is 197 Å². The average molecular weight is 467 g/mol. The number of anilines is 1. The molecule has 1 fully saturated rings. The molecular weight excluding hydrogens is 431 g/mol. The molecule has 1 aliphatic rings. The predicted octanol–water partition coefficient (Wildman–Crippen LogP) is 6.64. The normalized spacial score (nSPS) is 13.5. The van der Waals surface area contributed by atoms with Gasteiger partial charge in [-0.15, -0.1) is 11.6 Å². The minimum absolute atomic E-state index is 0.126. The number of hydrogen-bond acceptors (Lipinski definition) is 3. The molecule has 2 aromatic carbocycles. The standard InChI is InChI=1S/C22H27ClN2O2.C2H6.CH3Cl/c1-16-13-19(5-8-21(16)23)22(26)24-20-6-3-17(4-7-20)14-25(2)15-18-9-11-27-12-10-18;2*1-2/h3-8,13,18H,9-12,14-15H2,1-2H3,(H,24,26);1-2H3;1H3. The van der Waals surface area contributed by atoms with E-state index in [1.807, 2.05) is 32.9 Å². The molecule has 0 atom stereocenters. The van der Waals surface area contributed by atoms with Gasteiger partial charge in [0.05, 0.1) is 0 Å². The fourth-order valence-electron chi connectivity index (χ4n) is 3.43. The van der Waals surface area contributed by atoms with Crippen LogP contribution in [0.15, 0.2) is 42.5 Å². The van der Waals surface area contributed by atoms with Gasteiger partial charge in [0, 0.05) is 49.0 Å². The Morgan fingerprint density at radius 2 is 1.71 bits per heavy atom. The number of amides is 1. The largest absolute Gasteiger partial charge is 0.381 e. The van der Waals surface area contributed by atoms with Crippen LogP contribution in [0, 0.1) is 12.8 Å². The third-order valence-electron chi connectivity index (χ3n) is 5.00. The molecule has 1 amide bonds. The molecule has 2 aromatic rings. The Balaban J connectivity index is 0.00000113. The maximum Gasteiger partial charge on any atom is 0.255 e. The number of aryl methyl sites for hydroxylation is 1. The van der Waals surface area contributed by atoms with Gasteiger partial charge in [-0.25, -0.2) is 0 Å². The van der Waals surface area contributed by atoms with Crippen LogP contribution in [-0.4, -0.2) is 44.0 Å². The summed E-state index contributed by atoms with van der Waals surface area (Å²) in [6.07, 6.45) is 3.78. The molecule has 4 nitrogen and oxygen atoms in total. The highest BCUT2D eigenvalue weighted by Crippen LogP contribution is 2.19. The molecule has 0 saturated carbocycles. The zero-order chi connectivity index (χ0) is 23.2. The smallest absolute Gasteiger partial charge is 0.255 e. The van der Waals surface area contributed by atoms with Crippen LogP contribution < -0.4 is 5.32 Å². The summed E-state index contributed by atoms with van der Waals surface area (Å²) in [5.74, 6) is 0.601. The number of carbonyl (C=O) groups excluding carboxylic acids is 1. The molecule has 31 heavy (non-hydrogen) atoms. The van der Waals surface area contributed by atoms with E-state index in [1.54, 1.807) is 18.2 Å². The molecule has 1 N–H and O–H groups in total. The maximum atomic E-state index is 12.4. The lowest BCUT2D eigenvalue weighted by Crippen LogP contribution is -2.29. The van der Waals surface area contributed by atoms with Crippen LogP contribution in [0.5, 0.6) is 0 Å². The molecule has 0 radical (unpaired) electrons. The van der Waals surface area contributed by atoms with Gasteiger partial charge < -0.3 is 15.0 Å². The third kappa shape index (κ3) is 9.61. The predicted molar refractivity (Wildman–Crippen MR) is 134 cm³/mol. The van der Waals surface area contributed by atoms with Gasteiger partial charge in [0.2, 0.25) is 0 Å². The molecule has 0 aromatic heterocycles. The van der Waals surface area contributed by atoms with E-state index < -0.39 is 0 Å². The van der Waals surface area contributed by atoms with Crippen LogP contribution in [0.4, 0.5) is 5.69 Å². The van der Waals surface area contributed by atoms with Crippen molar-refractivity contribution in [3.8, 4) is 0 Å². The topological polar surface area (TPSA) is 41.6 Å². The van der Waals surface area contributed by atoms with E-state index in [9.17, 15) is 4.79 Å². The third-order valence-corrected chi connectivity index (χ3v) is 5.42. The molecule has 3 rings (SSSR count). The Hall–Kier alpha value is -1.59. The molecule has 6 heteroatoms. The van der Waals surface area contributed by atoms with Gasteiger partial charge >= 0.3 is 0 Å². The first-order chi connectivity index (χ1) is 15.0. The maximum absolute atomic E-state index is 12.4. The lowest BCUT2D eigenvalue weighted by Gasteiger charge is -2.27. The molecule has 1 saturated heterocycles. The number of halogens is 2. The molecule has 0 aliphatic carbocycles. The van der Waals surface area contributed by atoms with E-state index in [-0.39, 0.29) is 5.91 Å². The number of nitrogens with one attached hydrogen (secondary N) is 1. The van der Waals surface area contributed by atoms with Crippen LogP contribution in [0.1, 0.15) is 48.2 Å². The van der Waals surface area contributed by atoms with Gasteiger partial charge in [0.15, 0.2) is 0 Å². The summed E-state index contributed by atoms with van der Waals surface area (Å²) in [5.41, 5.74) is 3.54. The quantitative estimate of drug-likeness (QED) is 0.484. The fraction of sp³-hybridized carbons (Fsp3) is 0.480. The number of carbonyl (C=O) groups is 1. The van der Waals surface area contributed by atoms with Crippen molar-refractivity contribution in [1.29, 1.82) is 0 Å². The van der Waals surface area contributed by atoms with Gasteiger partial charge in [0.25, 0.3) is 5.91 Å². The van der Waals surface area contributed by atoms with E-state index in [1.165, 1.54) is 11.9 Å². The molecule has 1 heterocycles. The van der Waals surface area contributed by atoms with Gasteiger partial charge in [-0.1, -0.05) is 37.6 Å². The van der Waals surface area contributed by atoms with Crippen molar-refractivity contribution >= 4 is 34.8 Å². The van der Waals surface area contributed by atoms with E-state index in [4.69, 9.17) is 16.3 Å². The summed E-state index contributed by atoms with van der Waals surface area (Å²) in [6.45, 7) is 9.67. The molecule has 172 valence electrons. The van der Waals surface area contributed by atoms with Gasteiger partial charge in [-0.2, -0.15) is 0 Å². The first kappa shape index (κ1) is 27.4. The van der Waals surface area contributed by atoms with Crippen molar-refractivity contribution in [2.45, 2.75) is 40.2 Å². The number of ether oxygens (including phenoxy) is 1. The van der Waals surface area contributed by atoms with Crippen LogP contribution >= 0.6 is 23.2 Å². The summed E-state index contributed by atoms with van der Waals surface area (Å²) in [4.78, 5) is 14.8. The second-order valence-electron chi connectivity index (χ2n) is 7.37. The molecule has 0 spiro atoms. The van der Waals surface area contributed by atoms with Crippen molar-refractivity contribution in [3.63, 3.8) is 0 Å². The molecule has 0 unspecified atom stereocenters. The fourth-order valence-corrected chi connectivity index (χ4v) is 3.55. The number of benzene rings is 2. The minimum atomic E-state index is -0.126. The number of nitrogens with zero attached hydrogens (tertiary/aromatic N) is 1. The summed E-state index contributed by atoms with van der Waals surface area (Å²) >= 11 is 10.7. The Bertz CT molecular complexity index is 776. The zero-order valence-electron chi connectivity index (χ0n) is 19.4. The van der Waals surface area contributed by atoms with Gasteiger partial charge in [-0.3, -0.25) is 4.79 Å². The summed E-state index contributed by atoms with van der Waals surface area (Å²) in [7, 11) is 2.16. The van der Waals surface area contributed by atoms with Crippen molar-refractivity contribution < 1.29 is 9.53 Å². The Morgan fingerprint density at radius 3 is 2.29 bits per heavy atom. The van der Waals surface area contributed by atoms with Crippen LogP contribution in [0.25, 0.3) is 0 Å². The lowest BCUT2D eigenvalue weighted by molar-refractivity contribution is 0.0549. The molecular formula is C25H36Cl2N2O2. The molecule has 1 aliphatic heterocycles. The van der Waals surface area contributed by atoms with E-state index >= 15 is 0 Å². The van der Waals surface area contributed by atoms with Crippen molar-refractivity contribution in [3.05, 3.63) is 64.2 Å². The summed E-state index contributed by atoms with van der Waals surface area (Å²) < 4.78 is 5.43. The van der Waals surface area contributed by atoms with Gasteiger partial charge in [0.1, 0.15) is 0 Å². The van der Waals surface area contributed by atoms with Crippen molar-refractivity contribution in [1.82, 2.24) is 4.90 Å². The number of hydrogen-bond donors (Lipinski definition) is 1. The number of alkyl halides is 1. The Kier molecular flexibility index (Phi) is 13.5. The van der Waals surface area contributed by atoms with E-state index in [0.717, 1.165) is 56.3 Å². The highest BCUT2D eigenvalue weighted by atomic mass is 35.5. The van der Waals surface area contributed by atoms with Crippen molar-refractivity contribution in [2.24, 2.45) is 5.92 Å². The second-order valence-corrected chi connectivity index (χ2v) is 7.77. The van der Waals surface area contributed by atoms with Crippen LogP contribution in [-0.2, 0) is 11.3 Å². The SMILES string of the molecule is CC.CCl.Cc1cc(C(=O)Nc2ccc(CN(C)CC3CCOCC3)cc2)ccc1Cl. The van der Waals surface area contributed by atoms with Crippen molar-refractivity contribution in [2.75, 3.05) is 38.5 Å². The molecule has 0 bridgehead atoms. The summed E-state index contributed by atoms with van der Waals surface area (Å²) in [6, 6.07) is 13.4. The second kappa shape index (κ2) is 15.3. The minimum Gasteiger partial charge on any atom is -0.381 e. The highest BCUT2D eigenvalue weighted by Gasteiger charge is 2.16. The first-order valence-electron chi connectivity index (χ1n) is 10.8. The zero-order valence-corrected chi connectivity index (χ0v) is 20.9. The van der Waals surface area contributed by atoms with Crippen LogP contribution in [0.2, 0.25) is 5.02 Å². The lowest BCUT2D eigenvalue weighted by atomic mass is 10.00. The first-order valence-corrected chi connectivity index (χ1v) is 11.9. The Morgan fingerprint density at radius 1 is 1.10 bits per heavy atom. The van der Waals surface area contributed by atoms with E-state index in [0.29, 0.717) is 10.6 Å². The number of rotatable bonds is 6. The van der Waals surface area contributed by atoms with Crippen LogP contribution in [0.3, 0.4) is 0 Å². The highest BCUT2D eigenvalue weighted by molar-refractivity contribution is 6.31. The van der Waals surface area contributed by atoms with Gasteiger partial charge in [-0.05, 0) is 74.2 Å². The summed E-state index contributed by atoms with van der Waals surface area (Å²) in [5, 5.41) is 3.61.